The summed E-state index contributed by atoms with van der Waals surface area (Å²) >= 11 is 0. The molecule has 0 unspecified atom stereocenters. The summed E-state index contributed by atoms with van der Waals surface area (Å²) in [5.74, 6) is -0.0214. The standard InChI is InChI=1S/C10H11N2O2/c1-8(14)12-4-2-3-10(12)5-9(6-11)7-13/h5,10H,2-4H2,1H3/t10-/m0/s1. The predicted octanol–water partition coefficient (Wildman–Crippen LogP) is 0.557. The quantitative estimate of drug-likeness (QED) is 0.473. The lowest BCUT2D eigenvalue weighted by atomic mass is 10.1. The van der Waals surface area contributed by atoms with Crippen LogP contribution in [0.2, 0.25) is 0 Å². The number of carbonyl (C=O) groups is 1. The molecule has 1 aliphatic rings. The number of likely N-dealkylation sites (tertiary alicyclic amines) is 1. The fourth-order valence-electron chi connectivity index (χ4n) is 1.64. The number of nitrogens with zero attached hydrogens (tertiary/aromatic N) is 2. The van der Waals surface area contributed by atoms with Gasteiger partial charge in [-0.05, 0) is 18.9 Å². The number of hydrogen-bond acceptors (Lipinski definition) is 3. The summed E-state index contributed by atoms with van der Waals surface area (Å²) in [4.78, 5) is 23.1. The third kappa shape index (κ3) is 2.19. The molecule has 73 valence electrons. The lowest BCUT2D eigenvalue weighted by Crippen LogP contribution is -2.32. The molecule has 0 N–H and O–H groups in total. The fourth-order valence-corrected chi connectivity index (χ4v) is 1.64. The zero-order valence-corrected chi connectivity index (χ0v) is 7.99. The monoisotopic (exact) mass is 191 g/mol. The molecule has 1 heterocycles. The van der Waals surface area contributed by atoms with E-state index >= 15 is 0 Å². The first-order valence-corrected chi connectivity index (χ1v) is 4.46. The van der Waals surface area contributed by atoms with Crippen LogP contribution in [0, 0.1) is 11.3 Å². The van der Waals surface area contributed by atoms with Gasteiger partial charge in [-0.1, -0.05) is 0 Å². The third-order valence-corrected chi connectivity index (χ3v) is 2.29. The van der Waals surface area contributed by atoms with Gasteiger partial charge in [0.05, 0.1) is 6.04 Å². The first kappa shape index (κ1) is 10.5. The van der Waals surface area contributed by atoms with Gasteiger partial charge in [-0.2, -0.15) is 5.26 Å². The highest BCUT2D eigenvalue weighted by Crippen LogP contribution is 2.19. The van der Waals surface area contributed by atoms with E-state index in [1.807, 2.05) is 0 Å². The van der Waals surface area contributed by atoms with Crippen molar-refractivity contribution in [1.82, 2.24) is 4.90 Å². The smallest absolute Gasteiger partial charge is 0.244 e. The van der Waals surface area contributed by atoms with Gasteiger partial charge in [0.2, 0.25) is 12.2 Å². The Bertz CT molecular complexity index is 315. The lowest BCUT2D eigenvalue weighted by molar-refractivity contribution is -0.128. The topological polar surface area (TPSA) is 61.2 Å². The van der Waals surface area contributed by atoms with Crippen LogP contribution in [0.15, 0.2) is 11.6 Å². The average molecular weight is 191 g/mol. The summed E-state index contributed by atoms with van der Waals surface area (Å²) in [6.45, 7) is 2.19. The molecule has 1 fully saturated rings. The van der Waals surface area contributed by atoms with E-state index < -0.39 is 0 Å². The summed E-state index contributed by atoms with van der Waals surface area (Å²) in [5, 5.41) is 8.53. The molecule has 0 aliphatic carbocycles. The van der Waals surface area contributed by atoms with Crippen LogP contribution in [0.3, 0.4) is 0 Å². The van der Waals surface area contributed by atoms with Crippen LogP contribution in [-0.2, 0) is 9.59 Å². The van der Waals surface area contributed by atoms with E-state index in [4.69, 9.17) is 5.26 Å². The summed E-state index contributed by atoms with van der Waals surface area (Å²) < 4.78 is 0. The van der Waals surface area contributed by atoms with Crippen molar-refractivity contribution in [2.24, 2.45) is 0 Å². The summed E-state index contributed by atoms with van der Waals surface area (Å²) in [6.07, 6.45) is 4.79. The van der Waals surface area contributed by atoms with Crippen molar-refractivity contribution >= 4 is 12.2 Å². The van der Waals surface area contributed by atoms with Crippen LogP contribution in [0.1, 0.15) is 19.8 Å². The lowest BCUT2D eigenvalue weighted by Gasteiger charge is -2.19. The van der Waals surface area contributed by atoms with Crippen molar-refractivity contribution in [3.63, 3.8) is 0 Å². The number of allylic oxidation sites excluding steroid dienone is 1. The molecule has 1 radical (unpaired) electrons. The second kappa shape index (κ2) is 4.56. The Morgan fingerprint density at radius 2 is 2.36 bits per heavy atom. The molecule has 1 saturated heterocycles. The third-order valence-electron chi connectivity index (χ3n) is 2.29. The molecule has 0 aromatic heterocycles. The van der Waals surface area contributed by atoms with Gasteiger partial charge in [0.15, 0.2) is 0 Å². The molecule has 1 amide bonds. The number of nitriles is 1. The van der Waals surface area contributed by atoms with Crippen LogP contribution in [0.5, 0.6) is 0 Å². The molecule has 1 atom stereocenters. The summed E-state index contributed by atoms with van der Waals surface area (Å²) in [6, 6.07) is 1.63. The molecular formula is C10H11N2O2. The van der Waals surface area contributed by atoms with Crippen molar-refractivity contribution in [1.29, 1.82) is 5.26 Å². The molecule has 4 heteroatoms. The van der Waals surface area contributed by atoms with E-state index in [0.717, 1.165) is 12.8 Å². The van der Waals surface area contributed by atoms with Crippen LogP contribution < -0.4 is 0 Å². The van der Waals surface area contributed by atoms with Crippen molar-refractivity contribution in [3.8, 4) is 6.07 Å². The maximum atomic E-state index is 11.1. The Hall–Kier alpha value is -1.63. The highest BCUT2D eigenvalue weighted by molar-refractivity contribution is 5.80. The molecule has 0 saturated carbocycles. The Kier molecular flexibility index (Phi) is 3.41. The predicted molar refractivity (Wildman–Crippen MR) is 49.8 cm³/mol. The van der Waals surface area contributed by atoms with Gasteiger partial charge >= 0.3 is 0 Å². The number of carbonyl (C=O) groups excluding carboxylic acids is 2. The number of amides is 1. The van der Waals surface area contributed by atoms with Crippen LogP contribution in [0.4, 0.5) is 0 Å². The van der Waals surface area contributed by atoms with Gasteiger partial charge < -0.3 is 4.90 Å². The Morgan fingerprint density at radius 3 is 2.86 bits per heavy atom. The number of hydrogen-bond donors (Lipinski definition) is 0. The minimum atomic E-state index is -0.108. The zero-order valence-electron chi connectivity index (χ0n) is 7.99. The molecule has 1 rings (SSSR count). The van der Waals surface area contributed by atoms with Gasteiger partial charge in [-0.15, -0.1) is 0 Å². The van der Waals surface area contributed by atoms with Gasteiger partial charge in [0.25, 0.3) is 0 Å². The van der Waals surface area contributed by atoms with Crippen LogP contribution in [0.25, 0.3) is 0 Å². The normalized spacial score (nSPS) is 21.9. The van der Waals surface area contributed by atoms with Gasteiger partial charge in [-0.25, -0.2) is 0 Å². The molecule has 0 aromatic rings. The Labute approximate surface area is 82.8 Å². The molecule has 14 heavy (non-hydrogen) atoms. The van der Waals surface area contributed by atoms with Crippen molar-refractivity contribution in [2.45, 2.75) is 25.8 Å². The summed E-state index contributed by atoms with van der Waals surface area (Å²) in [7, 11) is 0. The molecule has 0 spiro atoms. The summed E-state index contributed by atoms with van der Waals surface area (Å²) in [5.41, 5.74) is -0.0249. The first-order valence-electron chi connectivity index (χ1n) is 4.46. The minimum Gasteiger partial charge on any atom is -0.336 e. The fraction of sp³-hybridized carbons (Fsp3) is 0.500. The van der Waals surface area contributed by atoms with Crippen LogP contribution >= 0.6 is 0 Å². The van der Waals surface area contributed by atoms with Gasteiger partial charge in [0, 0.05) is 13.5 Å². The molecule has 4 nitrogen and oxygen atoms in total. The van der Waals surface area contributed by atoms with Gasteiger partial charge in [0.1, 0.15) is 11.6 Å². The minimum absolute atomic E-state index is 0.0214. The van der Waals surface area contributed by atoms with E-state index in [-0.39, 0.29) is 17.5 Å². The highest BCUT2D eigenvalue weighted by atomic mass is 16.2. The second-order valence-electron chi connectivity index (χ2n) is 3.22. The second-order valence-corrected chi connectivity index (χ2v) is 3.22. The molecule has 0 bridgehead atoms. The largest absolute Gasteiger partial charge is 0.336 e. The van der Waals surface area contributed by atoms with E-state index in [0.29, 0.717) is 6.54 Å². The maximum Gasteiger partial charge on any atom is 0.244 e. The van der Waals surface area contributed by atoms with E-state index in [9.17, 15) is 9.59 Å². The SMILES string of the molecule is CC(=O)N1CCC[C@H]1C=C([C]=O)C#N. The van der Waals surface area contributed by atoms with E-state index in [2.05, 4.69) is 0 Å². The Balaban J connectivity index is 2.78. The van der Waals surface area contributed by atoms with Crippen molar-refractivity contribution in [2.75, 3.05) is 6.54 Å². The maximum absolute atomic E-state index is 11.1. The average Bonchev–Trinajstić information content (AvgIpc) is 2.62. The van der Waals surface area contributed by atoms with Gasteiger partial charge in [-0.3, -0.25) is 9.59 Å². The van der Waals surface area contributed by atoms with E-state index in [1.165, 1.54) is 13.0 Å². The Morgan fingerprint density at radius 1 is 1.64 bits per heavy atom. The zero-order chi connectivity index (χ0) is 10.6. The van der Waals surface area contributed by atoms with E-state index in [1.54, 1.807) is 17.3 Å². The van der Waals surface area contributed by atoms with Crippen molar-refractivity contribution in [3.05, 3.63) is 11.6 Å². The molecule has 0 aromatic carbocycles. The highest BCUT2D eigenvalue weighted by Gasteiger charge is 2.24. The molecular weight excluding hydrogens is 180 g/mol. The first-order chi connectivity index (χ1) is 6.69. The number of rotatable bonds is 2. The molecule has 1 aliphatic heterocycles. The van der Waals surface area contributed by atoms with Crippen molar-refractivity contribution < 1.29 is 9.59 Å². The van der Waals surface area contributed by atoms with Crippen LogP contribution in [-0.4, -0.2) is 29.7 Å².